The van der Waals surface area contributed by atoms with Crippen molar-refractivity contribution in [3.63, 3.8) is 0 Å². The highest BCUT2D eigenvalue weighted by atomic mass is 19.3. The fourth-order valence-electron chi connectivity index (χ4n) is 9.31. The van der Waals surface area contributed by atoms with Crippen molar-refractivity contribution in [1.29, 1.82) is 0 Å². The molecule has 2 aromatic heterocycles. The van der Waals surface area contributed by atoms with E-state index in [1.54, 1.807) is 0 Å². The molecule has 4 aromatic rings. The van der Waals surface area contributed by atoms with Crippen molar-refractivity contribution < 1.29 is 32.1 Å². The number of aromatic hydroxyl groups is 1. The molecule has 4 atom stereocenters. The molecular weight excluding hydrogens is 676 g/mol. The summed E-state index contributed by atoms with van der Waals surface area (Å²) in [4.78, 5) is 18.3. The molecule has 0 amide bonds. The van der Waals surface area contributed by atoms with E-state index >= 15 is 4.39 Å². The normalized spacial score (nSPS) is 26.0. The first-order chi connectivity index (χ1) is 25.0. The number of fused-ring (bicyclic) bond motifs is 5. The van der Waals surface area contributed by atoms with Crippen LogP contribution in [0.5, 0.6) is 17.6 Å². The zero-order valence-electron chi connectivity index (χ0n) is 28.9. The molecule has 2 saturated carbocycles. The Bertz CT molecular complexity index is 2130. The third-order valence-corrected chi connectivity index (χ3v) is 12.0. The number of rotatable bonds is 8. The van der Waals surface area contributed by atoms with Crippen LogP contribution in [0, 0.1) is 41.2 Å². The largest absolute Gasteiger partial charge is 0.508 e. The van der Waals surface area contributed by atoms with Crippen LogP contribution in [0.1, 0.15) is 50.5 Å². The van der Waals surface area contributed by atoms with Gasteiger partial charge in [-0.05, 0) is 68.0 Å². The molecule has 52 heavy (non-hydrogen) atoms. The Hall–Kier alpha value is -4.41. The molecule has 4 unspecified atom stereocenters. The maximum atomic E-state index is 17.1. The molecule has 2 N–H and O–H groups in total. The van der Waals surface area contributed by atoms with E-state index in [0.29, 0.717) is 50.3 Å². The summed E-state index contributed by atoms with van der Waals surface area (Å²) in [6.07, 6.45) is 10.9. The average molecular weight is 717 g/mol. The number of anilines is 1. The van der Waals surface area contributed by atoms with Gasteiger partial charge in [0, 0.05) is 73.5 Å². The van der Waals surface area contributed by atoms with Crippen molar-refractivity contribution in [2.45, 2.75) is 63.0 Å². The van der Waals surface area contributed by atoms with Gasteiger partial charge in [0.05, 0.1) is 19.3 Å². The first-order valence-electron chi connectivity index (χ1n) is 18.2. The van der Waals surface area contributed by atoms with Gasteiger partial charge < -0.3 is 29.7 Å². The average Bonchev–Trinajstić information content (AvgIpc) is 3.62. The number of nitrogens with zero attached hydrogens (tertiary/aromatic N) is 5. The quantitative estimate of drug-likeness (QED) is 0.161. The summed E-state index contributed by atoms with van der Waals surface area (Å²) in [6.45, 7) is 3.21. The van der Waals surface area contributed by atoms with Gasteiger partial charge in [0.25, 0.3) is 5.92 Å². The highest BCUT2D eigenvalue weighted by Gasteiger charge is 2.53. The molecule has 5 heterocycles. The summed E-state index contributed by atoms with van der Waals surface area (Å²) in [5.41, 5.74) is -0.567. The van der Waals surface area contributed by atoms with E-state index in [-0.39, 0.29) is 87.2 Å². The van der Waals surface area contributed by atoms with Gasteiger partial charge in [-0.25, -0.2) is 22.5 Å². The van der Waals surface area contributed by atoms with Gasteiger partial charge in [0.2, 0.25) is 5.88 Å². The molecule has 9 nitrogen and oxygen atoms in total. The van der Waals surface area contributed by atoms with Crippen LogP contribution in [-0.4, -0.2) is 89.4 Å². The molecular formula is C39H40F4N6O3. The fraction of sp³-hybridized carbons (Fsp3) is 0.513. The number of alkyl halides is 2. The van der Waals surface area contributed by atoms with Gasteiger partial charge in [-0.2, -0.15) is 9.97 Å². The van der Waals surface area contributed by atoms with E-state index in [4.69, 9.17) is 20.9 Å². The molecule has 2 bridgehead atoms. The predicted molar refractivity (Wildman–Crippen MR) is 188 cm³/mol. The van der Waals surface area contributed by atoms with Crippen LogP contribution in [0.25, 0.3) is 32.9 Å². The van der Waals surface area contributed by atoms with Crippen molar-refractivity contribution >= 4 is 27.5 Å². The number of aromatic nitrogens is 3. The van der Waals surface area contributed by atoms with Crippen LogP contribution in [0.15, 0.2) is 24.3 Å². The molecule has 5 fully saturated rings. The van der Waals surface area contributed by atoms with E-state index in [1.165, 1.54) is 31.4 Å². The van der Waals surface area contributed by atoms with E-state index < -0.39 is 23.5 Å². The number of hydrogen-bond acceptors (Lipinski definition) is 9. The summed E-state index contributed by atoms with van der Waals surface area (Å²) in [5, 5.41) is 15.2. The molecule has 3 aliphatic heterocycles. The number of benzene rings is 2. The van der Waals surface area contributed by atoms with Gasteiger partial charge in [-0.3, -0.25) is 0 Å². The summed E-state index contributed by atoms with van der Waals surface area (Å²) in [6, 6.07) is 5.84. The Morgan fingerprint density at radius 3 is 2.50 bits per heavy atom. The minimum Gasteiger partial charge on any atom is -0.508 e. The van der Waals surface area contributed by atoms with Crippen LogP contribution in [0.2, 0.25) is 0 Å². The summed E-state index contributed by atoms with van der Waals surface area (Å²) >= 11 is 0. The lowest BCUT2D eigenvalue weighted by molar-refractivity contribution is -0.0947. The van der Waals surface area contributed by atoms with Crippen molar-refractivity contribution in [2.24, 2.45) is 17.3 Å². The molecule has 2 aliphatic carbocycles. The molecule has 0 radical (unpaired) electrons. The molecule has 5 aliphatic rings. The maximum absolute atomic E-state index is 17.1. The Morgan fingerprint density at radius 2 is 1.79 bits per heavy atom. The topological polar surface area (TPSA) is 95.9 Å². The van der Waals surface area contributed by atoms with E-state index in [1.807, 2.05) is 0 Å². The number of nitrogens with one attached hydrogen (secondary N) is 1. The molecule has 3 saturated heterocycles. The SMILES string of the molecule is C#Cc1c(F)ccc2cc(O)cc(-c3nc(OC)c4c(N5CC6CCC(C5)N6)nc(OCC5(CN6CC7CCCC(F)(F)C7C6)CC5)nc4c3F)c12. The number of terminal acetylenes is 1. The number of likely N-dealkylation sites (tertiary alicyclic amines) is 1. The number of phenolic OH excluding ortho intramolecular Hbond substituents is 1. The lowest BCUT2D eigenvalue weighted by atomic mass is 9.79. The fourth-order valence-corrected chi connectivity index (χ4v) is 9.31. The van der Waals surface area contributed by atoms with Gasteiger partial charge in [0.1, 0.15) is 34.0 Å². The zero-order valence-corrected chi connectivity index (χ0v) is 28.9. The van der Waals surface area contributed by atoms with Crippen molar-refractivity contribution in [1.82, 2.24) is 25.2 Å². The van der Waals surface area contributed by atoms with E-state index in [0.717, 1.165) is 32.1 Å². The zero-order chi connectivity index (χ0) is 35.9. The second kappa shape index (κ2) is 12.3. The van der Waals surface area contributed by atoms with Crippen LogP contribution in [-0.2, 0) is 0 Å². The van der Waals surface area contributed by atoms with Crippen molar-refractivity contribution in [2.75, 3.05) is 51.3 Å². The summed E-state index contributed by atoms with van der Waals surface area (Å²) in [5.74, 6) is -2.03. The standard InChI is InChI=1S/C39H40F4N6O3/c1-3-26-29(40)9-6-21-13-25(50)14-27(30(21)26)33-32(41)34-31(36(45-33)51-2)35(49-16-23-7-8-24(17-49)44-23)47-37(46-34)52-20-38(11-12-38)19-48-15-22-5-4-10-39(42,43)28(22)18-48/h1,6,9,13-14,22-24,28,44,50H,4-5,7-8,10-12,15-20H2,2H3. The lowest BCUT2D eigenvalue weighted by Gasteiger charge is -2.34. The Labute approximate surface area is 298 Å². The number of ether oxygens (including phenoxy) is 2. The minimum absolute atomic E-state index is 0.0128. The maximum Gasteiger partial charge on any atom is 0.319 e. The Kier molecular flexibility index (Phi) is 7.93. The monoisotopic (exact) mass is 716 g/mol. The van der Waals surface area contributed by atoms with Gasteiger partial charge in [-0.1, -0.05) is 12.0 Å². The third kappa shape index (κ3) is 5.66. The lowest BCUT2D eigenvalue weighted by Crippen LogP contribution is -2.51. The second-order valence-electron chi connectivity index (χ2n) is 15.5. The van der Waals surface area contributed by atoms with E-state index in [2.05, 4.69) is 31.0 Å². The minimum atomic E-state index is -2.62. The number of piperazine rings is 1. The van der Waals surface area contributed by atoms with Gasteiger partial charge in [0.15, 0.2) is 5.82 Å². The number of phenols is 1. The highest BCUT2D eigenvalue weighted by Crippen LogP contribution is 2.51. The van der Waals surface area contributed by atoms with Crippen molar-refractivity contribution in [3.8, 4) is 41.2 Å². The molecule has 0 spiro atoms. The van der Waals surface area contributed by atoms with Gasteiger partial charge in [-0.15, -0.1) is 6.42 Å². The first kappa shape index (κ1) is 33.4. The van der Waals surface area contributed by atoms with Gasteiger partial charge >= 0.3 is 6.01 Å². The number of pyridine rings is 1. The number of halogens is 4. The summed E-state index contributed by atoms with van der Waals surface area (Å²) < 4.78 is 73.7. The molecule has 2 aromatic carbocycles. The van der Waals surface area contributed by atoms with Crippen LogP contribution in [0.3, 0.4) is 0 Å². The first-order valence-corrected chi connectivity index (χ1v) is 18.2. The van der Waals surface area contributed by atoms with Crippen molar-refractivity contribution in [3.05, 3.63) is 41.5 Å². The van der Waals surface area contributed by atoms with E-state index in [9.17, 15) is 18.3 Å². The smallest absolute Gasteiger partial charge is 0.319 e. The van der Waals surface area contributed by atoms with Crippen LogP contribution >= 0.6 is 0 Å². The molecule has 9 rings (SSSR count). The second-order valence-corrected chi connectivity index (χ2v) is 15.5. The number of hydrogen-bond donors (Lipinski definition) is 2. The third-order valence-electron chi connectivity index (χ3n) is 12.0. The number of methoxy groups -OCH3 is 1. The summed E-state index contributed by atoms with van der Waals surface area (Å²) in [7, 11) is 1.42. The predicted octanol–water partition coefficient (Wildman–Crippen LogP) is 6.29. The molecule has 13 heteroatoms. The van der Waals surface area contributed by atoms with Crippen LogP contribution < -0.4 is 19.7 Å². The van der Waals surface area contributed by atoms with Crippen LogP contribution in [0.4, 0.5) is 23.4 Å². The Balaban J connectivity index is 1.11. The Morgan fingerprint density at radius 1 is 1.00 bits per heavy atom. The highest BCUT2D eigenvalue weighted by molar-refractivity contribution is 6.04. The molecule has 272 valence electrons.